The van der Waals surface area contributed by atoms with E-state index in [1.807, 2.05) is 50.2 Å². The summed E-state index contributed by atoms with van der Waals surface area (Å²) in [6, 6.07) is 34.4. The molecule has 434 valence electrons. The molecule has 20 heteroatoms. The first-order valence-electron chi connectivity index (χ1n) is 27.4. The molecule has 4 aromatic carbocycles. The van der Waals surface area contributed by atoms with Gasteiger partial charge in [-0.1, -0.05) is 122 Å². The molecule has 0 saturated carbocycles. The first-order valence-corrected chi connectivity index (χ1v) is 27.4. The van der Waals surface area contributed by atoms with Gasteiger partial charge in [0.1, 0.15) is 12.1 Å². The Labute approximate surface area is 466 Å². The average Bonchev–Trinajstić information content (AvgIpc) is 3.47. The lowest BCUT2D eigenvalue weighted by molar-refractivity contribution is -0.132. The number of carbonyl (C=O) groups is 3. The van der Waals surface area contributed by atoms with Crippen LogP contribution in [-0.4, -0.2) is 167 Å². The predicted molar refractivity (Wildman–Crippen MR) is 301 cm³/mol. The van der Waals surface area contributed by atoms with Gasteiger partial charge in [0.05, 0.1) is 131 Å². The topological polar surface area (TPSA) is 251 Å². The van der Waals surface area contributed by atoms with Crippen LogP contribution in [-0.2, 0) is 69.2 Å². The van der Waals surface area contributed by atoms with Crippen LogP contribution in [0.25, 0.3) is 10.4 Å². The molecule has 0 aliphatic rings. The number of aliphatic hydroxyl groups is 1. The van der Waals surface area contributed by atoms with E-state index >= 15 is 0 Å². The molecule has 0 bridgehead atoms. The van der Waals surface area contributed by atoms with E-state index in [0.717, 1.165) is 22.3 Å². The van der Waals surface area contributed by atoms with Crippen molar-refractivity contribution in [2.75, 3.05) is 137 Å². The molecule has 0 radical (unpaired) electrons. The van der Waals surface area contributed by atoms with Gasteiger partial charge in [0.25, 0.3) is 0 Å². The fourth-order valence-corrected chi connectivity index (χ4v) is 8.15. The third-order valence-corrected chi connectivity index (χ3v) is 12.4. The maximum Gasteiger partial charge on any atom is 0.246 e. The summed E-state index contributed by atoms with van der Waals surface area (Å²) in [7, 11) is 0. The highest BCUT2D eigenvalue weighted by Crippen LogP contribution is 2.37. The van der Waals surface area contributed by atoms with Gasteiger partial charge in [0, 0.05) is 23.6 Å². The molecule has 79 heavy (non-hydrogen) atoms. The van der Waals surface area contributed by atoms with Gasteiger partial charge in [-0.25, -0.2) is 0 Å². The second-order valence-electron chi connectivity index (χ2n) is 18.7. The van der Waals surface area contributed by atoms with E-state index in [0.29, 0.717) is 149 Å². The molecule has 0 aromatic heterocycles. The fourth-order valence-electron chi connectivity index (χ4n) is 8.15. The van der Waals surface area contributed by atoms with Gasteiger partial charge >= 0.3 is 0 Å². The number of hydrogen-bond donors (Lipinski definition) is 5. The Balaban J connectivity index is 1.09. The highest BCUT2D eigenvalue weighted by molar-refractivity contribution is 5.98. The van der Waals surface area contributed by atoms with Gasteiger partial charge in [-0.3, -0.25) is 19.7 Å². The molecule has 3 amide bonds. The van der Waals surface area contributed by atoms with Gasteiger partial charge in [-0.2, -0.15) is 0 Å². The van der Waals surface area contributed by atoms with E-state index in [4.69, 9.17) is 48.2 Å². The van der Waals surface area contributed by atoms with Gasteiger partial charge in [0.2, 0.25) is 17.7 Å². The molecule has 2 unspecified atom stereocenters. The maximum atomic E-state index is 14.0. The number of azide groups is 1. The molecule has 0 aliphatic heterocycles. The Morgan fingerprint density at radius 3 is 1.44 bits per heavy atom. The molecule has 0 heterocycles. The van der Waals surface area contributed by atoms with E-state index < -0.39 is 23.5 Å². The van der Waals surface area contributed by atoms with Gasteiger partial charge in [-0.05, 0) is 78.6 Å². The number of rotatable bonds is 46. The number of benzene rings is 4. The van der Waals surface area contributed by atoms with Crippen molar-refractivity contribution in [2.24, 2.45) is 11.0 Å². The first-order chi connectivity index (χ1) is 38.7. The Bertz CT molecular complexity index is 2240. The largest absolute Gasteiger partial charge is 0.392 e. The van der Waals surface area contributed by atoms with Crippen molar-refractivity contribution in [1.29, 1.82) is 0 Å². The van der Waals surface area contributed by atoms with Crippen LogP contribution >= 0.6 is 0 Å². The zero-order chi connectivity index (χ0) is 56.4. The number of hydrogen-bond acceptors (Lipinski definition) is 15. The standard InChI is InChI=1S/C59H85N7O13/c1-47(2)56(65-55(68)25-28-71-30-32-73-34-36-75-38-40-77-42-44-79-45-43-78-41-39-76-37-35-74-33-31-72-29-27-62-66-60)58(70)64-54(57(69)63-53-23-19-49(46-67)20-24-53)16-10-11-26-61-59(50-12-6-4-7-13-50,51-14-8-5-9-15-51)52-21-17-48(3)18-22-52/h4-9,12-15,17-24,47,54,56,61,67H,10-11,16,25-46H2,1-3H3,(H,63,69)(H,64,70)(H,65,68). The number of nitrogens with zero attached hydrogens (tertiary/aromatic N) is 3. The lowest BCUT2D eigenvalue weighted by Gasteiger charge is -2.37. The van der Waals surface area contributed by atoms with Gasteiger partial charge in [-0.15, -0.1) is 0 Å². The summed E-state index contributed by atoms with van der Waals surface area (Å²) in [6.07, 6.45) is 1.66. The summed E-state index contributed by atoms with van der Waals surface area (Å²) >= 11 is 0. The van der Waals surface area contributed by atoms with Crippen molar-refractivity contribution >= 4 is 23.4 Å². The van der Waals surface area contributed by atoms with Crippen molar-refractivity contribution < 1.29 is 62.1 Å². The summed E-state index contributed by atoms with van der Waals surface area (Å²) in [5, 5.41) is 25.6. The number of ether oxygens (including phenoxy) is 9. The van der Waals surface area contributed by atoms with Gasteiger partial charge < -0.3 is 63.7 Å². The van der Waals surface area contributed by atoms with Crippen molar-refractivity contribution in [2.45, 2.75) is 70.7 Å². The van der Waals surface area contributed by atoms with Crippen molar-refractivity contribution in [1.82, 2.24) is 16.0 Å². The van der Waals surface area contributed by atoms with Crippen LogP contribution in [0.4, 0.5) is 5.69 Å². The molecule has 0 spiro atoms. The lowest BCUT2D eigenvalue weighted by atomic mass is 9.76. The van der Waals surface area contributed by atoms with Crippen LogP contribution in [0.2, 0.25) is 0 Å². The number of anilines is 1. The highest BCUT2D eigenvalue weighted by Gasteiger charge is 2.36. The normalized spacial score (nSPS) is 12.2. The first kappa shape index (κ1) is 65.7. The quantitative estimate of drug-likeness (QED) is 0.0102. The van der Waals surface area contributed by atoms with E-state index in [1.54, 1.807) is 24.3 Å². The minimum absolute atomic E-state index is 0.0324. The van der Waals surface area contributed by atoms with E-state index in [-0.39, 0.29) is 44.0 Å². The number of aliphatic hydroxyl groups excluding tert-OH is 1. The molecular weight excluding hydrogens is 1010 g/mol. The zero-order valence-corrected chi connectivity index (χ0v) is 46.5. The molecule has 0 saturated heterocycles. The predicted octanol–water partition coefficient (Wildman–Crippen LogP) is 6.65. The third kappa shape index (κ3) is 26.8. The third-order valence-electron chi connectivity index (χ3n) is 12.4. The number of aryl methyl sites for hydroxylation is 1. The molecule has 20 nitrogen and oxygen atoms in total. The van der Waals surface area contributed by atoms with E-state index in [2.05, 4.69) is 86.7 Å². The number of unbranched alkanes of at least 4 members (excludes halogenated alkanes) is 1. The molecule has 4 aromatic rings. The molecular formula is C59H85N7O13. The second kappa shape index (κ2) is 41.2. The number of amides is 3. The van der Waals surface area contributed by atoms with Crippen molar-refractivity contribution in [3.63, 3.8) is 0 Å². The van der Waals surface area contributed by atoms with Crippen LogP contribution in [0.1, 0.15) is 67.3 Å². The Hall–Kier alpha value is -5.84. The van der Waals surface area contributed by atoms with Crippen molar-refractivity contribution in [3.05, 3.63) is 147 Å². The van der Waals surface area contributed by atoms with Crippen LogP contribution in [0.15, 0.2) is 114 Å². The molecule has 0 fully saturated rings. The molecule has 0 aliphatic carbocycles. The summed E-state index contributed by atoms with van der Waals surface area (Å²) in [5.41, 5.74) is 13.2. The SMILES string of the molecule is Cc1ccc(C(NCCCCC(NC(=O)C(NC(=O)CCOCCOCCOCCOCCOCCOCCOCCOCCOCCN=[N+]=[N-])C(C)C)C(=O)Nc2ccc(CO)cc2)(c2ccccc2)c2ccccc2)cc1. The maximum absolute atomic E-state index is 14.0. The zero-order valence-electron chi connectivity index (χ0n) is 46.5. The van der Waals surface area contributed by atoms with Crippen LogP contribution < -0.4 is 21.3 Å². The monoisotopic (exact) mass is 1100 g/mol. The Morgan fingerprint density at radius 1 is 0.557 bits per heavy atom. The summed E-state index contributed by atoms with van der Waals surface area (Å²) in [6.45, 7) is 13.8. The summed E-state index contributed by atoms with van der Waals surface area (Å²) in [5.74, 6) is -1.48. The minimum atomic E-state index is -0.905. The van der Waals surface area contributed by atoms with Crippen LogP contribution in [0.3, 0.4) is 0 Å². The van der Waals surface area contributed by atoms with Gasteiger partial charge in [0.15, 0.2) is 0 Å². The average molecular weight is 1100 g/mol. The number of carbonyl (C=O) groups excluding carboxylic acids is 3. The Morgan fingerprint density at radius 2 is 1.00 bits per heavy atom. The molecule has 4 rings (SSSR count). The summed E-state index contributed by atoms with van der Waals surface area (Å²) < 4.78 is 49.4. The molecule has 2 atom stereocenters. The Kier molecular flexibility index (Phi) is 34.3. The smallest absolute Gasteiger partial charge is 0.246 e. The van der Waals surface area contributed by atoms with Crippen molar-refractivity contribution in [3.8, 4) is 0 Å². The number of nitrogens with one attached hydrogen (secondary N) is 4. The van der Waals surface area contributed by atoms with Crippen LogP contribution in [0, 0.1) is 12.8 Å². The second-order valence-corrected chi connectivity index (χ2v) is 18.7. The van der Waals surface area contributed by atoms with Crippen LogP contribution in [0.5, 0.6) is 0 Å². The van der Waals surface area contributed by atoms with E-state index in [9.17, 15) is 19.5 Å². The minimum Gasteiger partial charge on any atom is -0.392 e. The fraction of sp³-hybridized carbons (Fsp3) is 0.542. The lowest BCUT2D eigenvalue weighted by Crippen LogP contribution is -2.54. The van der Waals surface area contributed by atoms with E-state index in [1.165, 1.54) is 0 Å². The molecule has 5 N–H and O–H groups in total. The summed E-state index contributed by atoms with van der Waals surface area (Å²) in [4.78, 5) is 43.7. The highest BCUT2D eigenvalue weighted by atomic mass is 16.6.